The molecule has 2 saturated heterocycles. The molecule has 1 aromatic carbocycles. The van der Waals surface area contributed by atoms with Crippen LogP contribution in [0.1, 0.15) is 13.4 Å². The van der Waals surface area contributed by atoms with Crippen molar-refractivity contribution < 1.29 is 73.3 Å². The molecule has 3 aliphatic heterocycles. The molecule has 0 saturated carbocycles. The van der Waals surface area contributed by atoms with Crippen LogP contribution in [0, 0.1) is 5.92 Å². The summed E-state index contributed by atoms with van der Waals surface area (Å²) in [5, 5.41) is 31.0. The van der Waals surface area contributed by atoms with Gasteiger partial charge in [-0.05, 0) is 17.7 Å². The Morgan fingerprint density at radius 1 is 1.28 bits per heavy atom. The van der Waals surface area contributed by atoms with Crippen molar-refractivity contribution in [3.8, 4) is 11.5 Å². The van der Waals surface area contributed by atoms with E-state index in [0.717, 1.165) is 11.2 Å². The number of likely N-dealkylation sites (tertiary alicyclic amines) is 1. The first-order chi connectivity index (χ1) is 14.5. The van der Waals surface area contributed by atoms with E-state index in [1.807, 2.05) is 0 Å². The molecule has 12 nitrogen and oxygen atoms in total. The van der Waals surface area contributed by atoms with Crippen molar-refractivity contribution in [1.29, 1.82) is 0 Å². The Morgan fingerprint density at radius 2 is 1.97 bits per heavy atom. The zero-order valence-electron chi connectivity index (χ0n) is 18.2. The normalized spacial score (nSPS) is 23.8. The van der Waals surface area contributed by atoms with Gasteiger partial charge in [0.15, 0.2) is 23.0 Å². The van der Waals surface area contributed by atoms with E-state index in [9.17, 15) is 38.1 Å². The predicted octanol–water partition coefficient (Wildman–Crippen LogP) is -3.39. The largest absolute Gasteiger partial charge is 1.00 e. The van der Waals surface area contributed by atoms with Crippen molar-refractivity contribution >= 4 is 28.0 Å². The fourth-order valence-corrected chi connectivity index (χ4v) is 4.83. The summed E-state index contributed by atoms with van der Waals surface area (Å²) in [6.07, 6.45) is 0.733. The molecule has 3 atom stereocenters. The molecule has 0 bridgehead atoms. The molecule has 32 heavy (non-hydrogen) atoms. The number of hydrogen-bond donors (Lipinski definition) is 4. The number of carbonyl (C=O) groups is 3. The van der Waals surface area contributed by atoms with Crippen LogP contribution in [-0.2, 0) is 30.4 Å². The molecular weight excluding hydrogens is 457 g/mol. The number of phenols is 2. The Labute approximate surface area is 206 Å². The number of hydrogen-bond acceptors (Lipinski definition) is 8. The van der Waals surface area contributed by atoms with Gasteiger partial charge < -0.3 is 31.1 Å². The van der Waals surface area contributed by atoms with E-state index in [-0.39, 0.29) is 73.7 Å². The number of β-lactam (4-membered cyclic amide) rings is 1. The van der Waals surface area contributed by atoms with E-state index in [2.05, 4.69) is 5.32 Å². The molecule has 0 unspecified atom stereocenters. The number of benzene rings is 1. The number of allylic oxidation sites excluding steroid dienone is 1. The Bertz CT molecular complexity index is 1140. The fraction of sp³-hybridized carbons (Fsp3) is 0.389. The first-order valence-corrected chi connectivity index (χ1v) is 11.0. The van der Waals surface area contributed by atoms with E-state index in [0.29, 0.717) is 5.56 Å². The van der Waals surface area contributed by atoms with Crippen LogP contribution < -0.4 is 34.9 Å². The SMILES string of the molecule is CS(=O)(=O)OC1=C(C(=O)O)N2C(=O)[C@@H]3[C@H]2[C@H](C1)CN3C(=O)NCc1ccc(O)c(O)c1.[H-].[Na+]. The average molecular weight is 477 g/mol. The van der Waals surface area contributed by atoms with Gasteiger partial charge in [-0.2, -0.15) is 8.42 Å². The summed E-state index contributed by atoms with van der Waals surface area (Å²) in [6.45, 7) is 0.123. The Morgan fingerprint density at radius 3 is 2.56 bits per heavy atom. The molecule has 2 fully saturated rings. The van der Waals surface area contributed by atoms with Gasteiger partial charge in [-0.25, -0.2) is 9.59 Å². The topological polar surface area (TPSA) is 174 Å². The molecule has 3 heterocycles. The Kier molecular flexibility index (Phi) is 6.39. The smallest absolute Gasteiger partial charge is 1.00 e. The number of urea groups is 1. The summed E-state index contributed by atoms with van der Waals surface area (Å²) in [4.78, 5) is 39.4. The minimum Gasteiger partial charge on any atom is -1.00 e. The number of carboxylic acid groups (broad SMARTS) is 1. The molecule has 0 spiro atoms. The molecule has 3 aliphatic rings. The monoisotopic (exact) mass is 477 g/mol. The average Bonchev–Trinajstić information content (AvgIpc) is 3.02. The number of amides is 3. The number of aliphatic carboxylic acids is 1. The Balaban J connectivity index is 0.00000193. The van der Waals surface area contributed by atoms with Crippen LogP contribution in [0.3, 0.4) is 0 Å². The maximum absolute atomic E-state index is 12.7. The number of aromatic hydroxyl groups is 2. The van der Waals surface area contributed by atoms with Crippen LogP contribution in [-0.4, -0.2) is 76.3 Å². The minimum atomic E-state index is -4.01. The molecule has 168 valence electrons. The predicted molar refractivity (Wildman–Crippen MR) is 103 cm³/mol. The van der Waals surface area contributed by atoms with E-state index in [4.69, 9.17) is 4.18 Å². The minimum absolute atomic E-state index is 0. The van der Waals surface area contributed by atoms with Crippen LogP contribution in [0.15, 0.2) is 29.7 Å². The second kappa shape index (κ2) is 8.46. The van der Waals surface area contributed by atoms with Crippen LogP contribution in [0.5, 0.6) is 11.5 Å². The van der Waals surface area contributed by atoms with Gasteiger partial charge in [0.2, 0.25) is 0 Å². The number of carbonyl (C=O) groups excluding carboxylic acids is 2. The van der Waals surface area contributed by atoms with Gasteiger partial charge in [-0.15, -0.1) is 0 Å². The summed E-state index contributed by atoms with van der Waals surface area (Å²) in [5.74, 6) is -3.46. The molecule has 3 amide bonds. The van der Waals surface area contributed by atoms with Gasteiger partial charge in [-0.1, -0.05) is 6.07 Å². The zero-order chi connectivity index (χ0) is 22.7. The van der Waals surface area contributed by atoms with E-state index in [1.165, 1.54) is 23.1 Å². The van der Waals surface area contributed by atoms with Gasteiger partial charge in [0.1, 0.15) is 6.04 Å². The second-order valence-electron chi connectivity index (χ2n) is 7.61. The van der Waals surface area contributed by atoms with Gasteiger partial charge in [-0.3, -0.25) is 9.69 Å². The van der Waals surface area contributed by atoms with Crippen molar-refractivity contribution in [3.63, 3.8) is 0 Å². The molecule has 0 aromatic heterocycles. The summed E-state index contributed by atoms with van der Waals surface area (Å²) in [6, 6.07) is 2.07. The van der Waals surface area contributed by atoms with Crippen molar-refractivity contribution in [3.05, 3.63) is 35.2 Å². The first kappa shape index (κ1) is 24.2. The molecule has 0 aliphatic carbocycles. The first-order valence-electron chi connectivity index (χ1n) is 9.22. The molecule has 4 rings (SSSR count). The van der Waals surface area contributed by atoms with E-state index >= 15 is 0 Å². The van der Waals surface area contributed by atoms with Gasteiger partial charge in [0, 0.05) is 25.4 Å². The third kappa shape index (κ3) is 4.12. The quantitative estimate of drug-likeness (QED) is 0.146. The maximum atomic E-state index is 12.7. The molecule has 4 N–H and O–H groups in total. The third-order valence-electron chi connectivity index (χ3n) is 5.51. The zero-order valence-corrected chi connectivity index (χ0v) is 20.0. The summed E-state index contributed by atoms with van der Waals surface area (Å²) >= 11 is 0. The second-order valence-corrected chi connectivity index (χ2v) is 9.18. The summed E-state index contributed by atoms with van der Waals surface area (Å²) < 4.78 is 27.9. The summed E-state index contributed by atoms with van der Waals surface area (Å²) in [5.41, 5.74) is -0.00440. The van der Waals surface area contributed by atoms with Crippen molar-refractivity contribution in [2.45, 2.75) is 25.0 Å². The van der Waals surface area contributed by atoms with Crippen LogP contribution in [0.4, 0.5) is 4.79 Å². The summed E-state index contributed by atoms with van der Waals surface area (Å²) in [7, 11) is -4.01. The van der Waals surface area contributed by atoms with Crippen molar-refractivity contribution in [2.24, 2.45) is 5.92 Å². The number of carboxylic acids is 1. The number of rotatable bonds is 5. The molecule has 1 aromatic rings. The van der Waals surface area contributed by atoms with E-state index in [1.54, 1.807) is 0 Å². The number of nitrogens with zero attached hydrogens (tertiary/aromatic N) is 2. The van der Waals surface area contributed by atoms with Crippen molar-refractivity contribution in [1.82, 2.24) is 15.1 Å². The Hall–Kier alpha value is -2.48. The fourth-order valence-electron chi connectivity index (χ4n) is 4.31. The van der Waals surface area contributed by atoms with Gasteiger partial charge in [0.25, 0.3) is 5.91 Å². The molecule has 14 heteroatoms. The van der Waals surface area contributed by atoms with Gasteiger partial charge in [0.05, 0.1) is 12.3 Å². The third-order valence-corrected chi connectivity index (χ3v) is 6.02. The molecule has 0 radical (unpaired) electrons. The van der Waals surface area contributed by atoms with E-state index < -0.39 is 45.8 Å². The maximum Gasteiger partial charge on any atom is 1.00 e. The number of phenolic OH excluding ortho intramolecular Hbond substituents is 2. The van der Waals surface area contributed by atoms with Gasteiger partial charge >= 0.3 is 51.7 Å². The molecular formula is C18H20N3NaO9S. The van der Waals surface area contributed by atoms with Crippen LogP contribution >= 0.6 is 0 Å². The number of nitrogens with one attached hydrogen (secondary N) is 1. The van der Waals surface area contributed by atoms with Crippen LogP contribution in [0.25, 0.3) is 0 Å². The standard InChI is InChI=1S/C18H19N3O9S.Na.H/c1-31(28,29)30-12-5-9-7-20(15-13(9)21(16(15)24)14(12)17(25)26)18(27)19-6-8-2-3-10(22)11(23)4-8;;/h2-4,9,13,15,22-23H,5-7H2,1H3,(H,19,27)(H,25,26);;/q;+1;-1/t9-,13-,15+;;/m1../s1. The van der Waals surface area contributed by atoms with Crippen molar-refractivity contribution in [2.75, 3.05) is 12.8 Å². The van der Waals surface area contributed by atoms with Crippen LogP contribution in [0.2, 0.25) is 0 Å².